The van der Waals surface area contributed by atoms with Crippen LogP contribution in [0.2, 0.25) is 0 Å². The van der Waals surface area contributed by atoms with Crippen LogP contribution in [0.15, 0.2) is 47.5 Å². The van der Waals surface area contributed by atoms with Crippen molar-refractivity contribution in [1.82, 2.24) is 4.98 Å². The largest absolute Gasteiger partial charge is 0.481 e. The van der Waals surface area contributed by atoms with Crippen molar-refractivity contribution in [1.29, 1.82) is 0 Å². The number of hydrogen-bond donors (Lipinski definition) is 1. The number of carbonyl (C=O) groups is 1. The highest BCUT2D eigenvalue weighted by Crippen LogP contribution is 2.37. The standard InChI is InChI=1S/C16H17NO2S/c1-11-8-12(2)17-15(9-11)20-14(10-16(18)19)13-6-4-3-5-7-13/h3-9,14H,10H2,1-2H3,(H,18,19). The van der Waals surface area contributed by atoms with E-state index < -0.39 is 5.97 Å². The molecular weight excluding hydrogens is 270 g/mol. The van der Waals surface area contributed by atoms with E-state index in [9.17, 15) is 4.79 Å². The van der Waals surface area contributed by atoms with Gasteiger partial charge in [0.1, 0.15) is 0 Å². The molecule has 0 saturated heterocycles. The first-order valence-corrected chi connectivity index (χ1v) is 7.31. The molecule has 0 aliphatic heterocycles. The Hall–Kier alpha value is -1.81. The monoisotopic (exact) mass is 287 g/mol. The van der Waals surface area contributed by atoms with Crippen LogP contribution in [0.3, 0.4) is 0 Å². The maximum Gasteiger partial charge on any atom is 0.304 e. The van der Waals surface area contributed by atoms with Crippen molar-refractivity contribution in [3.8, 4) is 0 Å². The summed E-state index contributed by atoms with van der Waals surface area (Å²) < 4.78 is 0. The van der Waals surface area contributed by atoms with Gasteiger partial charge in [-0.25, -0.2) is 4.98 Å². The van der Waals surface area contributed by atoms with Gasteiger partial charge < -0.3 is 5.11 Å². The Balaban J connectivity index is 2.26. The molecule has 20 heavy (non-hydrogen) atoms. The molecular formula is C16H17NO2S. The number of aromatic nitrogens is 1. The molecule has 1 heterocycles. The van der Waals surface area contributed by atoms with Crippen LogP contribution in [0.1, 0.15) is 28.5 Å². The molecule has 1 atom stereocenters. The Morgan fingerprint density at radius 3 is 2.55 bits per heavy atom. The first kappa shape index (κ1) is 14.6. The lowest BCUT2D eigenvalue weighted by Crippen LogP contribution is -2.04. The van der Waals surface area contributed by atoms with Crippen molar-refractivity contribution in [2.24, 2.45) is 0 Å². The lowest BCUT2D eigenvalue weighted by molar-refractivity contribution is -0.137. The molecule has 1 aromatic carbocycles. The molecule has 2 rings (SSSR count). The Morgan fingerprint density at radius 1 is 1.25 bits per heavy atom. The van der Waals surface area contributed by atoms with Crippen molar-refractivity contribution < 1.29 is 9.90 Å². The van der Waals surface area contributed by atoms with Crippen LogP contribution >= 0.6 is 11.8 Å². The summed E-state index contributed by atoms with van der Waals surface area (Å²) in [5, 5.41) is 9.85. The van der Waals surface area contributed by atoms with Crippen LogP contribution in [0.25, 0.3) is 0 Å². The molecule has 104 valence electrons. The summed E-state index contributed by atoms with van der Waals surface area (Å²) in [7, 11) is 0. The predicted octanol–water partition coefficient (Wildman–Crippen LogP) is 4.01. The number of hydrogen-bond acceptors (Lipinski definition) is 3. The highest BCUT2D eigenvalue weighted by Gasteiger charge is 2.17. The van der Waals surface area contributed by atoms with E-state index in [1.54, 1.807) is 0 Å². The second kappa shape index (κ2) is 6.57. The van der Waals surface area contributed by atoms with Crippen LogP contribution in [0, 0.1) is 13.8 Å². The highest BCUT2D eigenvalue weighted by atomic mass is 32.2. The number of carboxylic acid groups (broad SMARTS) is 1. The number of carboxylic acids is 1. The third kappa shape index (κ3) is 4.10. The molecule has 2 aromatic rings. The van der Waals surface area contributed by atoms with Crippen molar-refractivity contribution in [3.05, 3.63) is 59.3 Å². The summed E-state index contributed by atoms with van der Waals surface area (Å²) in [4.78, 5) is 15.6. The van der Waals surface area contributed by atoms with Gasteiger partial charge in [0.05, 0.1) is 11.4 Å². The minimum absolute atomic E-state index is 0.0867. The number of aryl methyl sites for hydroxylation is 2. The number of nitrogens with zero attached hydrogens (tertiary/aromatic N) is 1. The van der Waals surface area contributed by atoms with Crippen LogP contribution in [-0.4, -0.2) is 16.1 Å². The lowest BCUT2D eigenvalue weighted by atomic mass is 10.1. The van der Waals surface area contributed by atoms with Crippen LogP contribution in [0.4, 0.5) is 0 Å². The molecule has 0 aliphatic rings. The number of pyridine rings is 1. The fraction of sp³-hybridized carbons (Fsp3) is 0.250. The van der Waals surface area contributed by atoms with Gasteiger partial charge in [-0.2, -0.15) is 0 Å². The zero-order valence-corrected chi connectivity index (χ0v) is 12.4. The first-order chi connectivity index (χ1) is 9.54. The molecule has 0 spiro atoms. The SMILES string of the molecule is Cc1cc(C)nc(SC(CC(=O)O)c2ccccc2)c1. The van der Waals surface area contributed by atoms with E-state index in [-0.39, 0.29) is 11.7 Å². The molecule has 1 N–H and O–H groups in total. The average molecular weight is 287 g/mol. The van der Waals surface area contributed by atoms with Crippen molar-refractivity contribution in [2.45, 2.75) is 30.5 Å². The first-order valence-electron chi connectivity index (χ1n) is 6.43. The zero-order valence-electron chi connectivity index (χ0n) is 11.5. The second-order valence-electron chi connectivity index (χ2n) is 4.74. The molecule has 1 aromatic heterocycles. The average Bonchev–Trinajstić information content (AvgIpc) is 2.37. The van der Waals surface area contributed by atoms with E-state index in [2.05, 4.69) is 4.98 Å². The highest BCUT2D eigenvalue weighted by molar-refractivity contribution is 7.99. The van der Waals surface area contributed by atoms with Crippen molar-refractivity contribution >= 4 is 17.7 Å². The summed E-state index contributed by atoms with van der Waals surface area (Å²) in [6, 6.07) is 13.7. The molecule has 0 aliphatic carbocycles. The van der Waals surface area contributed by atoms with Gasteiger partial charge in [-0.1, -0.05) is 42.1 Å². The van der Waals surface area contributed by atoms with E-state index in [1.165, 1.54) is 11.8 Å². The van der Waals surface area contributed by atoms with Crippen LogP contribution in [0.5, 0.6) is 0 Å². The fourth-order valence-electron chi connectivity index (χ4n) is 2.06. The van der Waals surface area contributed by atoms with Gasteiger partial charge in [-0.05, 0) is 37.1 Å². The van der Waals surface area contributed by atoms with Crippen molar-refractivity contribution in [2.75, 3.05) is 0 Å². The molecule has 1 unspecified atom stereocenters. The fourth-order valence-corrected chi connectivity index (χ4v) is 3.33. The molecule has 0 radical (unpaired) electrons. The minimum atomic E-state index is -0.796. The summed E-state index contributed by atoms with van der Waals surface area (Å²) in [6.45, 7) is 3.97. The second-order valence-corrected chi connectivity index (χ2v) is 5.96. The minimum Gasteiger partial charge on any atom is -0.481 e. The molecule has 0 bridgehead atoms. The Morgan fingerprint density at radius 2 is 1.95 bits per heavy atom. The normalized spacial score (nSPS) is 12.1. The van der Waals surface area contributed by atoms with E-state index in [0.29, 0.717) is 0 Å². The summed E-state index contributed by atoms with van der Waals surface area (Å²) in [5.41, 5.74) is 3.11. The predicted molar refractivity (Wildman–Crippen MR) is 81.0 cm³/mol. The van der Waals surface area contributed by atoms with Crippen LogP contribution in [-0.2, 0) is 4.79 Å². The van der Waals surface area contributed by atoms with Gasteiger partial charge in [0, 0.05) is 10.9 Å². The molecule has 0 amide bonds. The van der Waals surface area contributed by atoms with Gasteiger partial charge in [0.25, 0.3) is 0 Å². The number of rotatable bonds is 5. The third-order valence-electron chi connectivity index (χ3n) is 2.87. The zero-order chi connectivity index (χ0) is 14.5. The van der Waals surface area contributed by atoms with E-state index in [4.69, 9.17) is 5.11 Å². The van der Waals surface area contributed by atoms with E-state index in [1.807, 2.05) is 56.3 Å². The molecule has 0 fully saturated rings. The molecule has 3 nitrogen and oxygen atoms in total. The van der Waals surface area contributed by atoms with Gasteiger partial charge in [0.2, 0.25) is 0 Å². The lowest BCUT2D eigenvalue weighted by Gasteiger charge is -2.15. The molecule has 0 saturated carbocycles. The Kier molecular flexibility index (Phi) is 4.79. The summed E-state index contributed by atoms with van der Waals surface area (Å²) in [5.74, 6) is -0.796. The van der Waals surface area contributed by atoms with E-state index in [0.717, 1.165) is 21.8 Å². The number of aliphatic carboxylic acids is 1. The van der Waals surface area contributed by atoms with E-state index >= 15 is 0 Å². The number of benzene rings is 1. The number of thioether (sulfide) groups is 1. The quantitative estimate of drug-likeness (QED) is 0.844. The smallest absolute Gasteiger partial charge is 0.304 e. The third-order valence-corrected chi connectivity index (χ3v) is 4.04. The maximum absolute atomic E-state index is 11.1. The summed E-state index contributed by atoms with van der Waals surface area (Å²) >= 11 is 1.51. The van der Waals surface area contributed by atoms with Gasteiger partial charge >= 0.3 is 5.97 Å². The molecule has 4 heteroatoms. The van der Waals surface area contributed by atoms with Gasteiger partial charge in [0.15, 0.2) is 0 Å². The van der Waals surface area contributed by atoms with Gasteiger partial charge in [-0.15, -0.1) is 0 Å². The topological polar surface area (TPSA) is 50.2 Å². The Bertz CT molecular complexity index is 578. The van der Waals surface area contributed by atoms with Crippen molar-refractivity contribution in [3.63, 3.8) is 0 Å². The maximum atomic E-state index is 11.1. The van der Waals surface area contributed by atoms with Gasteiger partial charge in [-0.3, -0.25) is 4.79 Å². The Labute approximate surface area is 123 Å². The van der Waals surface area contributed by atoms with Crippen LogP contribution < -0.4 is 0 Å². The summed E-state index contributed by atoms with van der Waals surface area (Å²) in [6.07, 6.45) is 0.0867.